The third kappa shape index (κ3) is 3.15. The topological polar surface area (TPSA) is 50.8 Å². The van der Waals surface area contributed by atoms with E-state index in [1.807, 2.05) is 0 Å². The fourth-order valence-corrected chi connectivity index (χ4v) is 6.12. The van der Waals surface area contributed by atoms with Crippen LogP contribution in [0.1, 0.15) is 35.4 Å². The SMILES string of the molecule is COc1ccc2cc(C(=O)N[C@H]3C4CCN(CC4)C34CC4)sc2c1OC(F)(F)F. The number of rotatable bonds is 4. The predicted molar refractivity (Wildman–Crippen MR) is 103 cm³/mol. The number of alkyl halides is 3. The van der Waals surface area contributed by atoms with Crippen LogP contribution in [0, 0.1) is 5.92 Å². The second-order valence-corrected chi connectivity index (χ2v) is 9.11. The molecule has 6 rings (SSSR count). The number of halogens is 3. The average Bonchev–Trinajstić information content (AvgIpc) is 3.33. The van der Waals surface area contributed by atoms with Crippen LogP contribution in [0.25, 0.3) is 10.1 Å². The van der Waals surface area contributed by atoms with Crippen molar-refractivity contribution < 1.29 is 27.4 Å². The summed E-state index contributed by atoms with van der Waals surface area (Å²) in [6.07, 6.45) is -0.481. The summed E-state index contributed by atoms with van der Waals surface area (Å²) in [4.78, 5) is 15.9. The van der Waals surface area contributed by atoms with Crippen LogP contribution >= 0.6 is 11.3 Å². The Balaban J connectivity index is 1.45. The van der Waals surface area contributed by atoms with Gasteiger partial charge in [0, 0.05) is 5.54 Å². The summed E-state index contributed by atoms with van der Waals surface area (Å²) in [5, 5.41) is 3.74. The molecule has 1 atom stereocenters. The molecule has 1 saturated carbocycles. The van der Waals surface area contributed by atoms with Crippen LogP contribution in [0.3, 0.4) is 0 Å². The molecule has 2 bridgehead atoms. The summed E-state index contributed by atoms with van der Waals surface area (Å²) in [5.41, 5.74) is 0.0985. The zero-order chi connectivity index (χ0) is 20.4. The van der Waals surface area contributed by atoms with E-state index in [1.54, 1.807) is 12.1 Å². The van der Waals surface area contributed by atoms with E-state index < -0.39 is 12.1 Å². The van der Waals surface area contributed by atoms with Crippen molar-refractivity contribution in [2.24, 2.45) is 5.92 Å². The lowest BCUT2D eigenvalue weighted by Gasteiger charge is -2.52. The summed E-state index contributed by atoms with van der Waals surface area (Å²) in [6.45, 7) is 2.19. The Morgan fingerprint density at radius 1 is 1.28 bits per heavy atom. The number of hydrogen-bond donors (Lipinski definition) is 1. The van der Waals surface area contributed by atoms with Crippen molar-refractivity contribution in [1.82, 2.24) is 10.2 Å². The van der Waals surface area contributed by atoms with Gasteiger partial charge < -0.3 is 14.8 Å². The van der Waals surface area contributed by atoms with Gasteiger partial charge in [0.1, 0.15) is 0 Å². The number of benzene rings is 1. The maximum atomic E-state index is 13.0. The molecule has 4 heterocycles. The summed E-state index contributed by atoms with van der Waals surface area (Å²) < 4.78 is 48.1. The largest absolute Gasteiger partial charge is 0.573 e. The lowest BCUT2D eigenvalue weighted by molar-refractivity contribution is -0.274. The highest BCUT2D eigenvalue weighted by Crippen LogP contribution is 2.54. The van der Waals surface area contributed by atoms with Gasteiger partial charge in [-0.05, 0) is 68.3 Å². The standard InChI is InChI=1S/C20H21F3N2O3S/c1-27-13-3-2-12-10-14(29-16(12)15(13)28-20(21,22)23)18(26)24-17-11-4-8-25(9-5-11)19(17)6-7-19/h2-3,10-11,17H,4-9H2,1H3,(H,24,26)/t17-/m0/s1. The molecule has 1 amide bonds. The number of carbonyl (C=O) groups is 1. The number of nitrogens with zero attached hydrogens (tertiary/aromatic N) is 1. The highest BCUT2D eigenvalue weighted by atomic mass is 32.1. The van der Waals surface area contributed by atoms with Crippen molar-refractivity contribution in [1.29, 1.82) is 0 Å². The summed E-state index contributed by atoms with van der Waals surface area (Å²) in [5.74, 6) is -0.167. The second-order valence-electron chi connectivity index (χ2n) is 8.05. The highest BCUT2D eigenvalue weighted by molar-refractivity contribution is 7.21. The number of fused-ring (bicyclic) bond motifs is 3. The van der Waals surface area contributed by atoms with Gasteiger partial charge >= 0.3 is 6.36 Å². The first-order valence-corrected chi connectivity index (χ1v) is 10.5. The minimum Gasteiger partial charge on any atom is -0.493 e. The molecule has 1 aromatic carbocycles. The number of methoxy groups -OCH3 is 1. The molecule has 1 spiro atoms. The van der Waals surface area contributed by atoms with Crippen molar-refractivity contribution in [2.75, 3.05) is 20.2 Å². The van der Waals surface area contributed by atoms with Gasteiger partial charge in [0.2, 0.25) is 0 Å². The fourth-order valence-electron chi connectivity index (χ4n) is 5.08. The minimum absolute atomic E-state index is 0.0158. The predicted octanol–water partition coefficient (Wildman–Crippen LogP) is 4.17. The molecule has 9 heteroatoms. The maximum absolute atomic E-state index is 13.0. The van der Waals surface area contributed by atoms with Gasteiger partial charge in [-0.15, -0.1) is 24.5 Å². The molecule has 4 aliphatic rings. The van der Waals surface area contributed by atoms with Crippen LogP contribution in [-0.4, -0.2) is 48.9 Å². The fraction of sp³-hybridized carbons (Fsp3) is 0.550. The number of ether oxygens (including phenoxy) is 2. The number of thiophene rings is 1. The van der Waals surface area contributed by atoms with Gasteiger partial charge in [-0.3, -0.25) is 9.69 Å². The molecule has 5 nitrogen and oxygen atoms in total. The van der Waals surface area contributed by atoms with Crippen molar-refractivity contribution in [3.05, 3.63) is 23.1 Å². The van der Waals surface area contributed by atoms with E-state index in [0.717, 1.165) is 50.1 Å². The van der Waals surface area contributed by atoms with Gasteiger partial charge in [0.25, 0.3) is 5.91 Å². The normalized spacial score (nSPS) is 27.2. The van der Waals surface area contributed by atoms with E-state index in [-0.39, 0.29) is 27.9 Å². The van der Waals surface area contributed by atoms with Gasteiger partial charge in [-0.2, -0.15) is 0 Å². The quantitative estimate of drug-likeness (QED) is 0.798. The molecule has 1 aromatic heterocycles. The van der Waals surface area contributed by atoms with Crippen molar-refractivity contribution >= 4 is 27.3 Å². The van der Waals surface area contributed by atoms with Crippen LogP contribution in [0.5, 0.6) is 11.5 Å². The Morgan fingerprint density at radius 2 is 2.00 bits per heavy atom. The van der Waals surface area contributed by atoms with Crippen LogP contribution in [-0.2, 0) is 0 Å². The molecule has 4 fully saturated rings. The first kappa shape index (κ1) is 19.0. The van der Waals surface area contributed by atoms with Crippen molar-refractivity contribution in [3.63, 3.8) is 0 Å². The molecule has 1 N–H and O–H groups in total. The van der Waals surface area contributed by atoms with Gasteiger partial charge in [0.05, 0.1) is 22.7 Å². The van der Waals surface area contributed by atoms with E-state index in [4.69, 9.17) is 4.74 Å². The van der Waals surface area contributed by atoms with Gasteiger partial charge in [0.15, 0.2) is 11.5 Å². The number of piperidine rings is 3. The Bertz CT molecular complexity index is 962. The van der Waals surface area contributed by atoms with Crippen LogP contribution in [0.2, 0.25) is 0 Å². The Kier molecular flexibility index (Phi) is 4.26. The molecule has 156 valence electrons. The van der Waals surface area contributed by atoms with Crippen molar-refractivity contribution in [2.45, 2.75) is 43.6 Å². The van der Waals surface area contributed by atoms with E-state index >= 15 is 0 Å². The van der Waals surface area contributed by atoms with Crippen LogP contribution < -0.4 is 14.8 Å². The monoisotopic (exact) mass is 426 g/mol. The summed E-state index contributed by atoms with van der Waals surface area (Å²) in [6, 6.07) is 4.80. The first-order valence-electron chi connectivity index (χ1n) is 9.73. The smallest absolute Gasteiger partial charge is 0.493 e. The third-order valence-corrected chi connectivity index (χ3v) is 7.68. The minimum atomic E-state index is -4.85. The third-order valence-electron chi connectivity index (χ3n) is 6.54. The molecule has 0 unspecified atom stereocenters. The Labute approximate surface area is 169 Å². The van der Waals surface area contributed by atoms with E-state index in [9.17, 15) is 18.0 Å². The molecular weight excluding hydrogens is 405 g/mol. The van der Waals surface area contributed by atoms with E-state index in [1.165, 1.54) is 13.2 Å². The summed E-state index contributed by atoms with van der Waals surface area (Å²) >= 11 is 1.00. The molecule has 1 aliphatic carbocycles. The Hall–Kier alpha value is -2.00. The van der Waals surface area contributed by atoms with Crippen LogP contribution in [0.4, 0.5) is 13.2 Å². The summed E-state index contributed by atoms with van der Waals surface area (Å²) in [7, 11) is 1.29. The van der Waals surface area contributed by atoms with Crippen molar-refractivity contribution in [3.8, 4) is 11.5 Å². The molecule has 3 aliphatic heterocycles. The number of nitrogens with one attached hydrogen (secondary N) is 1. The number of amides is 1. The molecule has 0 radical (unpaired) electrons. The lowest BCUT2D eigenvalue weighted by atomic mass is 9.77. The second kappa shape index (κ2) is 6.50. The van der Waals surface area contributed by atoms with Gasteiger partial charge in [-0.1, -0.05) is 0 Å². The Morgan fingerprint density at radius 3 is 2.62 bits per heavy atom. The highest BCUT2D eigenvalue weighted by Gasteiger charge is 2.60. The van der Waals surface area contributed by atoms with E-state index in [2.05, 4.69) is 15.0 Å². The lowest BCUT2D eigenvalue weighted by Crippen LogP contribution is -2.65. The van der Waals surface area contributed by atoms with E-state index in [0.29, 0.717) is 16.2 Å². The molecule has 2 aromatic rings. The van der Waals surface area contributed by atoms with Crippen LogP contribution in [0.15, 0.2) is 18.2 Å². The molecule has 3 saturated heterocycles. The zero-order valence-corrected chi connectivity index (χ0v) is 16.7. The molecule has 29 heavy (non-hydrogen) atoms. The molecular formula is C20H21F3N2O3S. The number of carbonyl (C=O) groups excluding carboxylic acids is 1. The number of hydrogen-bond acceptors (Lipinski definition) is 5. The average molecular weight is 426 g/mol. The maximum Gasteiger partial charge on any atom is 0.573 e. The zero-order valence-electron chi connectivity index (χ0n) is 15.8. The first-order chi connectivity index (χ1) is 13.8. The van der Waals surface area contributed by atoms with Gasteiger partial charge in [-0.25, -0.2) is 0 Å².